The number of anilines is 1. The second-order valence-corrected chi connectivity index (χ2v) is 9.03. The highest BCUT2D eigenvalue weighted by molar-refractivity contribution is 7.18. The summed E-state index contributed by atoms with van der Waals surface area (Å²) >= 11 is 1.07. The van der Waals surface area contributed by atoms with Crippen molar-refractivity contribution in [3.63, 3.8) is 0 Å². The molecule has 0 bridgehead atoms. The third-order valence-electron chi connectivity index (χ3n) is 5.56. The molecule has 1 aliphatic heterocycles. The molecule has 0 amide bonds. The van der Waals surface area contributed by atoms with Crippen LogP contribution in [0.5, 0.6) is 0 Å². The van der Waals surface area contributed by atoms with Gasteiger partial charge in [-0.3, -0.25) is 0 Å². The fourth-order valence-electron chi connectivity index (χ4n) is 3.97. The number of hydrogen-bond acceptors (Lipinski definition) is 6. The number of hydrogen-bond donors (Lipinski definition) is 2. The molecule has 4 rings (SSSR count). The summed E-state index contributed by atoms with van der Waals surface area (Å²) in [5.74, 6) is -0.243. The Morgan fingerprint density at radius 2 is 1.97 bits per heavy atom. The van der Waals surface area contributed by atoms with E-state index in [9.17, 15) is 18.0 Å². The number of nitrogens with zero attached hydrogens (tertiary/aromatic N) is 3. The van der Waals surface area contributed by atoms with Crippen molar-refractivity contribution >= 4 is 33.3 Å². The van der Waals surface area contributed by atoms with Gasteiger partial charge in [0.05, 0.1) is 17.4 Å². The van der Waals surface area contributed by atoms with Crippen LogP contribution in [0, 0.1) is 0 Å². The molecule has 10 heteroatoms. The van der Waals surface area contributed by atoms with Crippen LogP contribution in [0.1, 0.15) is 40.1 Å². The average Bonchev–Trinajstić information content (AvgIpc) is 2.99. The van der Waals surface area contributed by atoms with Gasteiger partial charge < -0.3 is 15.3 Å². The molecule has 6 nitrogen and oxygen atoms in total. The van der Waals surface area contributed by atoms with Crippen LogP contribution in [0.25, 0.3) is 10.2 Å². The van der Waals surface area contributed by atoms with E-state index in [2.05, 4.69) is 20.2 Å². The van der Waals surface area contributed by atoms with Gasteiger partial charge in [0.25, 0.3) is 0 Å². The zero-order chi connectivity index (χ0) is 22.7. The summed E-state index contributed by atoms with van der Waals surface area (Å²) in [6.07, 6.45) is -0.996. The molecule has 2 N–H and O–H groups in total. The van der Waals surface area contributed by atoms with Crippen molar-refractivity contribution in [3.8, 4) is 0 Å². The van der Waals surface area contributed by atoms with E-state index in [0.717, 1.165) is 49.3 Å². The minimum absolute atomic E-state index is 0.248. The van der Waals surface area contributed by atoms with Crippen molar-refractivity contribution in [2.45, 2.75) is 44.4 Å². The standard InChI is InChI=1S/C22H23F3N4O2S/c23-22(24,25)11-17-10-18-19(27-13-28-20(18)32-17)29-8-1-2-16(7-9-29)26-12-14-3-5-15(6-4-14)21(30)31/h3-6,10,13,16,26H,1-2,7-9,11-12H2,(H,30,31). The molecule has 1 atom stereocenters. The maximum Gasteiger partial charge on any atom is 0.393 e. The molecular weight excluding hydrogens is 441 g/mol. The first kappa shape index (κ1) is 22.5. The van der Waals surface area contributed by atoms with Gasteiger partial charge in [-0.15, -0.1) is 11.3 Å². The van der Waals surface area contributed by atoms with E-state index in [1.165, 1.54) is 6.33 Å². The van der Waals surface area contributed by atoms with Gasteiger partial charge in [-0.1, -0.05) is 12.1 Å². The van der Waals surface area contributed by atoms with E-state index in [1.54, 1.807) is 18.2 Å². The van der Waals surface area contributed by atoms with Crippen molar-refractivity contribution < 1.29 is 23.1 Å². The Bertz CT molecular complexity index is 1080. The second-order valence-electron chi connectivity index (χ2n) is 7.92. The lowest BCUT2D eigenvalue weighted by molar-refractivity contribution is -0.126. The number of aromatic nitrogens is 2. The van der Waals surface area contributed by atoms with Crippen LogP contribution >= 0.6 is 11.3 Å². The normalized spacial score (nSPS) is 17.5. The zero-order valence-electron chi connectivity index (χ0n) is 17.2. The van der Waals surface area contributed by atoms with E-state index in [4.69, 9.17) is 5.11 Å². The highest BCUT2D eigenvalue weighted by atomic mass is 32.1. The smallest absolute Gasteiger partial charge is 0.393 e. The Hall–Kier alpha value is -2.72. The van der Waals surface area contributed by atoms with Gasteiger partial charge in [0.1, 0.15) is 17.0 Å². The molecule has 1 fully saturated rings. The second kappa shape index (κ2) is 9.41. The highest BCUT2D eigenvalue weighted by Gasteiger charge is 2.29. The van der Waals surface area contributed by atoms with Crippen LogP contribution < -0.4 is 10.2 Å². The third-order valence-corrected chi connectivity index (χ3v) is 6.60. The van der Waals surface area contributed by atoms with Crippen LogP contribution in [0.3, 0.4) is 0 Å². The van der Waals surface area contributed by atoms with Gasteiger partial charge in [-0.25, -0.2) is 14.8 Å². The molecule has 3 aromatic rings. The van der Waals surface area contributed by atoms with Crippen LogP contribution in [0.2, 0.25) is 0 Å². The molecule has 1 aliphatic rings. The monoisotopic (exact) mass is 464 g/mol. The molecule has 0 aliphatic carbocycles. The van der Waals surface area contributed by atoms with E-state index in [-0.39, 0.29) is 10.4 Å². The molecular formula is C22H23F3N4O2S. The Morgan fingerprint density at radius 3 is 2.69 bits per heavy atom. The van der Waals surface area contributed by atoms with Gasteiger partial charge in [-0.05, 0) is 43.0 Å². The molecule has 170 valence electrons. The molecule has 1 unspecified atom stereocenters. The van der Waals surface area contributed by atoms with Crippen molar-refractivity contribution in [2.75, 3.05) is 18.0 Å². The maximum absolute atomic E-state index is 12.8. The van der Waals surface area contributed by atoms with E-state index in [1.807, 2.05) is 12.1 Å². The number of fused-ring (bicyclic) bond motifs is 1. The van der Waals surface area contributed by atoms with Gasteiger partial charge in [-0.2, -0.15) is 13.2 Å². The van der Waals surface area contributed by atoms with Crippen LogP contribution in [0.15, 0.2) is 36.7 Å². The van der Waals surface area contributed by atoms with Crippen molar-refractivity contribution in [1.29, 1.82) is 0 Å². The summed E-state index contributed by atoms with van der Waals surface area (Å²) in [5, 5.41) is 13.2. The summed E-state index contributed by atoms with van der Waals surface area (Å²) < 4.78 is 38.4. The minimum Gasteiger partial charge on any atom is -0.478 e. The number of rotatable bonds is 6. The van der Waals surface area contributed by atoms with Crippen LogP contribution in [-0.4, -0.2) is 46.4 Å². The fourth-order valence-corrected chi connectivity index (χ4v) is 4.99. The van der Waals surface area contributed by atoms with E-state index in [0.29, 0.717) is 28.6 Å². The lowest BCUT2D eigenvalue weighted by Gasteiger charge is -2.22. The first-order valence-electron chi connectivity index (χ1n) is 10.4. The minimum atomic E-state index is -4.25. The number of alkyl halides is 3. The molecule has 1 aromatic carbocycles. The first-order valence-corrected chi connectivity index (χ1v) is 11.2. The molecule has 3 heterocycles. The zero-order valence-corrected chi connectivity index (χ0v) is 18.0. The SMILES string of the molecule is O=C(O)c1ccc(CNC2CCCN(c3ncnc4sc(CC(F)(F)F)cc34)CC2)cc1. The van der Waals surface area contributed by atoms with Crippen molar-refractivity contribution in [3.05, 3.63) is 52.7 Å². The van der Waals surface area contributed by atoms with Crippen molar-refractivity contribution in [1.82, 2.24) is 15.3 Å². The summed E-state index contributed by atoms with van der Waals surface area (Å²) in [6.45, 7) is 2.17. The first-order chi connectivity index (χ1) is 15.3. The molecule has 1 saturated heterocycles. The number of carbonyl (C=O) groups is 1. The summed E-state index contributed by atoms with van der Waals surface area (Å²) in [5.41, 5.74) is 1.28. The number of halogens is 3. The molecule has 0 spiro atoms. The lowest BCUT2D eigenvalue weighted by Crippen LogP contribution is -2.31. The van der Waals surface area contributed by atoms with Gasteiger partial charge in [0.2, 0.25) is 0 Å². The largest absolute Gasteiger partial charge is 0.478 e. The lowest BCUT2D eigenvalue weighted by atomic mass is 10.1. The molecule has 32 heavy (non-hydrogen) atoms. The number of benzene rings is 1. The molecule has 0 radical (unpaired) electrons. The maximum atomic E-state index is 12.8. The van der Waals surface area contributed by atoms with Gasteiger partial charge >= 0.3 is 12.1 Å². The number of carboxylic acid groups (broad SMARTS) is 1. The Labute approximate surface area is 187 Å². The van der Waals surface area contributed by atoms with Crippen LogP contribution in [0.4, 0.5) is 19.0 Å². The number of thiophene rings is 1. The van der Waals surface area contributed by atoms with E-state index >= 15 is 0 Å². The van der Waals surface area contributed by atoms with Crippen LogP contribution in [-0.2, 0) is 13.0 Å². The Kier molecular flexibility index (Phi) is 6.61. The molecule has 0 saturated carbocycles. The third kappa shape index (κ3) is 5.55. The van der Waals surface area contributed by atoms with Crippen molar-refractivity contribution in [2.24, 2.45) is 0 Å². The summed E-state index contributed by atoms with van der Waals surface area (Å²) in [7, 11) is 0. The Balaban J connectivity index is 1.39. The highest BCUT2D eigenvalue weighted by Crippen LogP contribution is 2.34. The van der Waals surface area contributed by atoms with Gasteiger partial charge in [0, 0.05) is 30.6 Å². The predicted molar refractivity (Wildman–Crippen MR) is 117 cm³/mol. The molecule has 2 aromatic heterocycles. The predicted octanol–water partition coefficient (Wildman–Crippen LogP) is 4.64. The van der Waals surface area contributed by atoms with E-state index < -0.39 is 18.6 Å². The quantitative estimate of drug-likeness (QED) is 0.553. The number of aromatic carboxylic acids is 1. The summed E-state index contributed by atoms with van der Waals surface area (Å²) in [6, 6.07) is 8.69. The number of nitrogens with one attached hydrogen (secondary N) is 1. The number of carboxylic acids is 1. The average molecular weight is 465 g/mol. The summed E-state index contributed by atoms with van der Waals surface area (Å²) in [4.78, 5) is 22.5. The topological polar surface area (TPSA) is 78.4 Å². The fraction of sp³-hybridized carbons (Fsp3) is 0.409. The Morgan fingerprint density at radius 1 is 1.19 bits per heavy atom. The van der Waals surface area contributed by atoms with Gasteiger partial charge in [0.15, 0.2) is 0 Å².